The number of hydrogen-bond donors (Lipinski definition) is 3. The number of nitrogens with two attached hydrogens (primary N) is 1. The maximum atomic E-state index is 10.6. The van der Waals surface area contributed by atoms with Gasteiger partial charge in [-0.1, -0.05) is 72.8 Å². The highest BCUT2D eigenvalue weighted by Crippen LogP contribution is 2.38. The van der Waals surface area contributed by atoms with E-state index in [9.17, 15) is 10.2 Å². The van der Waals surface area contributed by atoms with Crippen LogP contribution in [-0.2, 0) is 13.2 Å². The fraction of sp³-hybridized carbons (Fsp3) is 0.0714. The Morgan fingerprint density at radius 3 is 2.18 bits per heavy atom. The molecule has 0 aliphatic rings. The Morgan fingerprint density at radius 1 is 0.735 bits per heavy atom. The molecule has 0 spiro atoms. The van der Waals surface area contributed by atoms with E-state index in [-0.39, 0.29) is 24.9 Å². The number of nitrogens with zero attached hydrogens (tertiary/aromatic N) is 2. The maximum Gasteiger partial charge on any atom is 0.220 e. The van der Waals surface area contributed by atoms with Gasteiger partial charge in [0.05, 0.1) is 23.2 Å². The summed E-state index contributed by atoms with van der Waals surface area (Å²) in [7, 11) is 0. The quantitative estimate of drug-likeness (QED) is 0.306. The van der Waals surface area contributed by atoms with Gasteiger partial charge in [0, 0.05) is 29.4 Å². The smallest absolute Gasteiger partial charge is 0.220 e. The number of fused-ring (bicyclic) bond motifs is 1. The number of aliphatic hydroxyl groups excluding tert-OH is 1. The molecule has 6 heteroatoms. The van der Waals surface area contributed by atoms with E-state index < -0.39 is 0 Å². The predicted octanol–water partition coefficient (Wildman–Crippen LogP) is 5.71. The van der Waals surface area contributed by atoms with Gasteiger partial charge in [0.1, 0.15) is 0 Å². The summed E-state index contributed by atoms with van der Waals surface area (Å²) < 4.78 is 0. The van der Waals surface area contributed by atoms with Gasteiger partial charge in [-0.05, 0) is 34.4 Å². The molecule has 2 heterocycles. The minimum Gasteiger partial charge on any atom is -0.493 e. The van der Waals surface area contributed by atoms with E-state index in [1.165, 1.54) is 0 Å². The number of rotatable bonds is 5. The monoisotopic (exact) mass is 469 g/mol. The Balaban J connectivity index is 0.00000274. The molecule has 5 rings (SSSR count). The van der Waals surface area contributed by atoms with Crippen molar-refractivity contribution in [2.24, 2.45) is 5.73 Å². The van der Waals surface area contributed by atoms with Gasteiger partial charge in [-0.25, -0.2) is 9.97 Å². The molecule has 4 N–H and O–H groups in total. The third-order valence-corrected chi connectivity index (χ3v) is 5.80. The molecule has 0 fully saturated rings. The summed E-state index contributed by atoms with van der Waals surface area (Å²) in [6.07, 6.45) is 1.63. The van der Waals surface area contributed by atoms with E-state index >= 15 is 0 Å². The normalized spacial score (nSPS) is 10.8. The topological polar surface area (TPSA) is 92.3 Å². The SMILES string of the molecule is Cl.NCc1ccc(-c2nc3c(-c4cccc(CO)c4)cnc(O)c3cc2-c2ccccc2)cc1. The second-order valence-electron chi connectivity index (χ2n) is 7.90. The maximum absolute atomic E-state index is 10.6. The van der Waals surface area contributed by atoms with Crippen molar-refractivity contribution in [1.29, 1.82) is 0 Å². The molecule has 5 nitrogen and oxygen atoms in total. The van der Waals surface area contributed by atoms with Crippen molar-refractivity contribution in [1.82, 2.24) is 9.97 Å². The summed E-state index contributed by atoms with van der Waals surface area (Å²) >= 11 is 0. The summed E-state index contributed by atoms with van der Waals surface area (Å²) in [5.74, 6) is -0.0678. The molecule has 3 aromatic carbocycles. The first-order valence-corrected chi connectivity index (χ1v) is 10.8. The van der Waals surface area contributed by atoms with E-state index in [0.29, 0.717) is 17.4 Å². The first kappa shape index (κ1) is 23.4. The zero-order chi connectivity index (χ0) is 22.8. The molecule has 2 aromatic heterocycles. The number of halogens is 1. The molecule has 34 heavy (non-hydrogen) atoms. The number of hydrogen-bond acceptors (Lipinski definition) is 5. The Hall–Kier alpha value is -3.77. The second kappa shape index (κ2) is 10.0. The van der Waals surface area contributed by atoms with Crippen molar-refractivity contribution >= 4 is 23.3 Å². The van der Waals surface area contributed by atoms with Crippen molar-refractivity contribution in [3.8, 4) is 39.4 Å². The minimum absolute atomic E-state index is 0. The molecule has 5 aromatic rings. The van der Waals surface area contributed by atoms with Gasteiger partial charge in [0.15, 0.2) is 0 Å². The van der Waals surface area contributed by atoms with Crippen LogP contribution in [0.4, 0.5) is 0 Å². The Labute approximate surface area is 204 Å². The fourth-order valence-electron chi connectivity index (χ4n) is 4.05. The summed E-state index contributed by atoms with van der Waals surface area (Å²) in [6.45, 7) is 0.420. The molecule has 0 saturated heterocycles. The Bertz CT molecular complexity index is 1440. The molecule has 0 aliphatic carbocycles. The molecule has 0 bridgehead atoms. The molecule has 0 amide bonds. The Kier molecular flexibility index (Phi) is 6.89. The average Bonchev–Trinajstić information content (AvgIpc) is 2.89. The van der Waals surface area contributed by atoms with Crippen molar-refractivity contribution in [3.63, 3.8) is 0 Å². The molecule has 0 aliphatic heterocycles. The van der Waals surface area contributed by atoms with Gasteiger partial charge in [-0.3, -0.25) is 0 Å². The molecule has 170 valence electrons. The molecule has 0 radical (unpaired) electrons. The van der Waals surface area contributed by atoms with E-state index in [4.69, 9.17) is 10.7 Å². The van der Waals surface area contributed by atoms with E-state index in [0.717, 1.165) is 44.6 Å². The van der Waals surface area contributed by atoms with E-state index in [1.807, 2.05) is 84.9 Å². The van der Waals surface area contributed by atoms with Gasteiger partial charge >= 0.3 is 0 Å². The van der Waals surface area contributed by atoms with Crippen LogP contribution in [0.1, 0.15) is 11.1 Å². The van der Waals surface area contributed by atoms with Crippen LogP contribution in [0, 0.1) is 0 Å². The van der Waals surface area contributed by atoms with Gasteiger partial charge < -0.3 is 15.9 Å². The van der Waals surface area contributed by atoms with Gasteiger partial charge in [0.2, 0.25) is 5.88 Å². The number of aliphatic hydroxyl groups is 1. The highest BCUT2D eigenvalue weighted by molar-refractivity contribution is 6.00. The zero-order valence-corrected chi connectivity index (χ0v) is 19.2. The van der Waals surface area contributed by atoms with Crippen LogP contribution in [0.25, 0.3) is 44.4 Å². The Morgan fingerprint density at radius 2 is 1.47 bits per heavy atom. The van der Waals surface area contributed by atoms with Crippen molar-refractivity contribution in [3.05, 3.63) is 102 Å². The average molecular weight is 470 g/mol. The summed E-state index contributed by atoms with van der Waals surface area (Å²) in [5, 5.41) is 20.8. The van der Waals surface area contributed by atoms with Crippen molar-refractivity contribution < 1.29 is 10.2 Å². The highest BCUT2D eigenvalue weighted by Gasteiger charge is 2.17. The standard InChI is InChI=1S/C28H23N3O2.ClH/c29-15-18-9-11-21(12-10-18)26-23(20-6-2-1-3-7-20)14-24-27(31-26)25(16-30-28(24)33)22-8-4-5-19(13-22)17-32;/h1-14,16,32H,15,17,29H2,(H,30,33);1H. The zero-order valence-electron chi connectivity index (χ0n) is 18.3. The van der Waals surface area contributed by atoms with E-state index in [1.54, 1.807) is 6.20 Å². The van der Waals surface area contributed by atoms with Crippen LogP contribution in [0.5, 0.6) is 5.88 Å². The van der Waals surface area contributed by atoms with Crippen LogP contribution in [-0.4, -0.2) is 20.2 Å². The van der Waals surface area contributed by atoms with Crippen LogP contribution in [0.3, 0.4) is 0 Å². The predicted molar refractivity (Wildman–Crippen MR) is 139 cm³/mol. The van der Waals surface area contributed by atoms with Crippen LogP contribution in [0.2, 0.25) is 0 Å². The van der Waals surface area contributed by atoms with Gasteiger partial charge in [-0.15, -0.1) is 12.4 Å². The van der Waals surface area contributed by atoms with Crippen molar-refractivity contribution in [2.45, 2.75) is 13.2 Å². The minimum atomic E-state index is -0.0678. The third kappa shape index (κ3) is 4.37. The number of pyridine rings is 2. The molecule has 0 unspecified atom stereocenters. The number of benzene rings is 3. The van der Waals surface area contributed by atoms with Gasteiger partial charge in [-0.2, -0.15) is 0 Å². The lowest BCUT2D eigenvalue weighted by Crippen LogP contribution is -1.97. The molecule has 0 atom stereocenters. The van der Waals surface area contributed by atoms with Crippen LogP contribution >= 0.6 is 12.4 Å². The number of aromatic nitrogens is 2. The summed E-state index contributed by atoms with van der Waals surface area (Å²) in [5.41, 5.74) is 13.6. The summed E-state index contributed by atoms with van der Waals surface area (Å²) in [6, 6.07) is 27.6. The highest BCUT2D eigenvalue weighted by atomic mass is 35.5. The lowest BCUT2D eigenvalue weighted by molar-refractivity contribution is 0.282. The van der Waals surface area contributed by atoms with Crippen LogP contribution < -0.4 is 5.73 Å². The van der Waals surface area contributed by atoms with Crippen molar-refractivity contribution in [2.75, 3.05) is 0 Å². The van der Waals surface area contributed by atoms with E-state index in [2.05, 4.69) is 4.98 Å². The number of aromatic hydroxyl groups is 1. The van der Waals surface area contributed by atoms with Gasteiger partial charge in [0.25, 0.3) is 0 Å². The third-order valence-electron chi connectivity index (χ3n) is 5.80. The molecular formula is C28H24ClN3O2. The van der Waals surface area contributed by atoms with Crippen LogP contribution in [0.15, 0.2) is 91.1 Å². The molecular weight excluding hydrogens is 446 g/mol. The second-order valence-corrected chi connectivity index (χ2v) is 7.90. The fourth-order valence-corrected chi connectivity index (χ4v) is 4.05. The largest absolute Gasteiger partial charge is 0.493 e. The lowest BCUT2D eigenvalue weighted by atomic mass is 9.95. The summed E-state index contributed by atoms with van der Waals surface area (Å²) in [4.78, 5) is 9.31. The lowest BCUT2D eigenvalue weighted by Gasteiger charge is -2.15. The molecule has 0 saturated carbocycles. The first-order valence-electron chi connectivity index (χ1n) is 10.8. The first-order chi connectivity index (χ1) is 16.2.